The van der Waals surface area contributed by atoms with Crippen LogP contribution >= 0.6 is 11.6 Å². The van der Waals surface area contributed by atoms with Gasteiger partial charge in [0.15, 0.2) is 5.15 Å². The number of aliphatic hydroxyl groups is 1. The normalized spacial score (nSPS) is 10.1. The number of aromatic nitrogens is 1. The van der Waals surface area contributed by atoms with Crippen molar-refractivity contribution in [3.05, 3.63) is 22.5 Å². The maximum Gasteiger partial charge on any atom is 0.319 e. The molecule has 1 rings (SSSR count). The molecule has 6 heteroatoms. The van der Waals surface area contributed by atoms with E-state index in [2.05, 4.69) is 15.6 Å². The van der Waals surface area contributed by atoms with Crippen molar-refractivity contribution >= 4 is 23.3 Å². The van der Waals surface area contributed by atoms with Crippen LogP contribution in [0.5, 0.6) is 0 Å². The van der Waals surface area contributed by atoms with E-state index >= 15 is 0 Å². The number of urea groups is 1. The number of nitrogens with one attached hydrogen (secondary N) is 2. The average molecular weight is 258 g/mol. The van der Waals surface area contributed by atoms with E-state index in [-0.39, 0.29) is 17.8 Å². The first-order chi connectivity index (χ1) is 8.04. The molecule has 5 nitrogen and oxygen atoms in total. The van der Waals surface area contributed by atoms with E-state index in [4.69, 9.17) is 16.7 Å². The number of anilines is 1. The molecule has 0 atom stereocenters. The number of hydrogen-bond acceptors (Lipinski definition) is 3. The molecular weight excluding hydrogens is 242 g/mol. The second-order valence-electron chi connectivity index (χ2n) is 3.70. The van der Waals surface area contributed by atoms with Gasteiger partial charge in [-0.15, -0.1) is 0 Å². The Labute approximate surface area is 105 Å². The Morgan fingerprint density at radius 2 is 2.24 bits per heavy atom. The Balaban J connectivity index is 2.65. The van der Waals surface area contributed by atoms with Crippen LogP contribution in [0.2, 0.25) is 5.15 Å². The number of nitrogens with zero attached hydrogens (tertiary/aromatic N) is 1. The smallest absolute Gasteiger partial charge is 0.319 e. The summed E-state index contributed by atoms with van der Waals surface area (Å²) < 4.78 is 0. The summed E-state index contributed by atoms with van der Waals surface area (Å²) in [4.78, 5) is 15.6. The largest absolute Gasteiger partial charge is 0.396 e. The van der Waals surface area contributed by atoms with Crippen LogP contribution < -0.4 is 10.6 Å². The quantitative estimate of drug-likeness (QED) is 0.569. The Morgan fingerprint density at radius 1 is 1.53 bits per heavy atom. The first-order valence-corrected chi connectivity index (χ1v) is 5.72. The van der Waals surface area contributed by atoms with Crippen LogP contribution in [0.1, 0.15) is 17.7 Å². The summed E-state index contributed by atoms with van der Waals surface area (Å²) in [6.07, 6.45) is 0.520. The van der Waals surface area contributed by atoms with E-state index in [0.29, 0.717) is 18.7 Å². The highest BCUT2D eigenvalue weighted by molar-refractivity contribution is 6.32. The second kappa shape index (κ2) is 6.42. The summed E-state index contributed by atoms with van der Waals surface area (Å²) >= 11 is 5.95. The Bertz CT molecular complexity index is 387. The van der Waals surface area contributed by atoms with Crippen LogP contribution in [0.3, 0.4) is 0 Å². The monoisotopic (exact) mass is 257 g/mol. The molecule has 0 aliphatic heterocycles. The minimum atomic E-state index is -0.353. The standard InChI is InChI=1S/C11H16ClN3O2/c1-7-6-8(2)14-10(12)9(7)15-11(17)13-4-3-5-16/h6,16H,3-5H2,1-2H3,(H2,13,15,17). The third-order valence-corrected chi connectivity index (χ3v) is 2.43. The molecule has 94 valence electrons. The van der Waals surface area contributed by atoms with Crippen LogP contribution in [0.15, 0.2) is 6.07 Å². The third kappa shape index (κ3) is 4.20. The molecule has 0 unspecified atom stereocenters. The van der Waals surface area contributed by atoms with E-state index in [1.807, 2.05) is 19.9 Å². The van der Waals surface area contributed by atoms with Crippen molar-refractivity contribution in [1.82, 2.24) is 10.3 Å². The maximum atomic E-state index is 11.5. The number of amides is 2. The molecular formula is C11H16ClN3O2. The van der Waals surface area contributed by atoms with Crippen molar-refractivity contribution in [2.45, 2.75) is 20.3 Å². The van der Waals surface area contributed by atoms with Crippen LogP contribution in [0.25, 0.3) is 0 Å². The van der Waals surface area contributed by atoms with Gasteiger partial charge in [0.05, 0.1) is 5.69 Å². The number of halogens is 1. The van der Waals surface area contributed by atoms with Crippen LogP contribution in [0, 0.1) is 13.8 Å². The predicted octanol–water partition coefficient (Wildman–Crippen LogP) is 1.86. The van der Waals surface area contributed by atoms with Crippen molar-refractivity contribution < 1.29 is 9.90 Å². The van der Waals surface area contributed by atoms with Crippen molar-refractivity contribution in [3.8, 4) is 0 Å². The second-order valence-corrected chi connectivity index (χ2v) is 4.06. The topological polar surface area (TPSA) is 74.2 Å². The highest BCUT2D eigenvalue weighted by atomic mass is 35.5. The summed E-state index contributed by atoms with van der Waals surface area (Å²) in [5.74, 6) is 0. The predicted molar refractivity (Wildman–Crippen MR) is 67.4 cm³/mol. The van der Waals surface area contributed by atoms with Crippen molar-refractivity contribution in [2.75, 3.05) is 18.5 Å². The first kappa shape index (κ1) is 13.7. The number of carbonyl (C=O) groups excluding carboxylic acids is 1. The van der Waals surface area contributed by atoms with Crippen molar-refractivity contribution in [2.24, 2.45) is 0 Å². The van der Waals surface area contributed by atoms with E-state index in [1.165, 1.54) is 0 Å². The molecule has 1 heterocycles. The molecule has 0 saturated carbocycles. The fourth-order valence-corrected chi connectivity index (χ4v) is 1.71. The highest BCUT2D eigenvalue weighted by Crippen LogP contribution is 2.24. The van der Waals surface area contributed by atoms with Crippen molar-refractivity contribution in [3.63, 3.8) is 0 Å². The molecule has 2 amide bonds. The summed E-state index contributed by atoms with van der Waals surface area (Å²) in [5, 5.41) is 14.1. The van der Waals surface area contributed by atoms with Gasteiger partial charge in [-0.1, -0.05) is 11.6 Å². The Morgan fingerprint density at radius 3 is 2.82 bits per heavy atom. The van der Waals surface area contributed by atoms with E-state index in [9.17, 15) is 4.79 Å². The number of hydrogen-bond donors (Lipinski definition) is 3. The number of pyridine rings is 1. The molecule has 0 aliphatic rings. The number of aryl methyl sites for hydroxylation is 2. The molecule has 0 spiro atoms. The Hall–Kier alpha value is -1.33. The minimum absolute atomic E-state index is 0.0478. The van der Waals surface area contributed by atoms with Crippen LogP contribution in [0.4, 0.5) is 10.5 Å². The van der Waals surface area contributed by atoms with Crippen LogP contribution in [-0.2, 0) is 0 Å². The molecule has 3 N–H and O–H groups in total. The molecule has 0 bridgehead atoms. The van der Waals surface area contributed by atoms with Gasteiger partial charge < -0.3 is 15.7 Å². The lowest BCUT2D eigenvalue weighted by molar-refractivity contribution is 0.249. The lowest BCUT2D eigenvalue weighted by Gasteiger charge is -2.11. The molecule has 1 aromatic rings. The van der Waals surface area contributed by atoms with E-state index in [1.54, 1.807) is 0 Å². The van der Waals surface area contributed by atoms with Gasteiger partial charge in [-0.3, -0.25) is 0 Å². The number of aliphatic hydroxyl groups excluding tert-OH is 1. The zero-order chi connectivity index (χ0) is 12.8. The van der Waals surface area contributed by atoms with Gasteiger partial charge in [0.25, 0.3) is 0 Å². The Kier molecular flexibility index (Phi) is 5.18. The van der Waals surface area contributed by atoms with E-state index < -0.39 is 0 Å². The molecule has 1 aromatic heterocycles. The third-order valence-electron chi connectivity index (χ3n) is 2.16. The van der Waals surface area contributed by atoms with Gasteiger partial charge in [-0.25, -0.2) is 9.78 Å². The molecule has 0 aromatic carbocycles. The van der Waals surface area contributed by atoms with Gasteiger partial charge in [-0.2, -0.15) is 0 Å². The minimum Gasteiger partial charge on any atom is -0.396 e. The van der Waals surface area contributed by atoms with Gasteiger partial charge in [0.2, 0.25) is 0 Å². The molecule has 0 aliphatic carbocycles. The summed E-state index contributed by atoms with van der Waals surface area (Å²) in [7, 11) is 0. The van der Waals surface area contributed by atoms with E-state index in [0.717, 1.165) is 11.3 Å². The first-order valence-electron chi connectivity index (χ1n) is 5.34. The zero-order valence-corrected chi connectivity index (χ0v) is 10.6. The van der Waals surface area contributed by atoms with Gasteiger partial charge in [-0.05, 0) is 31.9 Å². The lowest BCUT2D eigenvalue weighted by atomic mass is 10.2. The highest BCUT2D eigenvalue weighted by Gasteiger charge is 2.09. The average Bonchev–Trinajstić information content (AvgIpc) is 2.24. The lowest BCUT2D eigenvalue weighted by Crippen LogP contribution is -2.30. The molecule has 0 saturated heterocycles. The molecule has 0 radical (unpaired) electrons. The summed E-state index contributed by atoms with van der Waals surface area (Å²) in [6.45, 7) is 4.15. The SMILES string of the molecule is Cc1cc(C)c(NC(=O)NCCCO)c(Cl)n1. The zero-order valence-electron chi connectivity index (χ0n) is 9.88. The van der Waals surface area contributed by atoms with Gasteiger partial charge in [0, 0.05) is 18.8 Å². The molecule has 17 heavy (non-hydrogen) atoms. The van der Waals surface area contributed by atoms with Gasteiger partial charge >= 0.3 is 6.03 Å². The summed E-state index contributed by atoms with van der Waals surface area (Å²) in [6, 6.07) is 1.49. The number of rotatable bonds is 4. The fourth-order valence-electron chi connectivity index (χ4n) is 1.38. The number of carbonyl (C=O) groups is 1. The fraction of sp³-hybridized carbons (Fsp3) is 0.455. The maximum absolute atomic E-state index is 11.5. The summed E-state index contributed by atoms with van der Waals surface area (Å²) in [5.41, 5.74) is 2.18. The van der Waals surface area contributed by atoms with Crippen molar-refractivity contribution in [1.29, 1.82) is 0 Å². The van der Waals surface area contributed by atoms with Gasteiger partial charge in [0.1, 0.15) is 0 Å². The van der Waals surface area contributed by atoms with Crippen LogP contribution in [-0.4, -0.2) is 29.3 Å². The molecule has 0 fully saturated rings.